The highest BCUT2D eigenvalue weighted by Crippen LogP contribution is 2.36. The maximum Gasteiger partial charge on any atom is 0.127 e. The average Bonchev–Trinajstić information content (AvgIpc) is 2.01. The predicted octanol–water partition coefficient (Wildman–Crippen LogP) is 0.184. The summed E-state index contributed by atoms with van der Waals surface area (Å²) in [4.78, 5) is 0. The molecule has 1 rings (SSSR count). The lowest BCUT2D eigenvalue weighted by molar-refractivity contribution is 0.161. The molecule has 0 amide bonds. The molecule has 0 saturated heterocycles. The first kappa shape index (κ1) is 10.6. The zero-order chi connectivity index (χ0) is 10.9. The molecule has 0 aliphatic carbocycles. The van der Waals surface area contributed by atoms with Gasteiger partial charge in [-0.25, -0.2) is 0 Å². The average molecular weight is 199 g/mol. The summed E-state index contributed by atoms with van der Waals surface area (Å²) < 4.78 is 0. The number of hydrogen-bond acceptors (Lipinski definition) is 5. The van der Waals surface area contributed by atoms with Gasteiger partial charge in [-0.2, -0.15) is 0 Å². The quantitative estimate of drug-likeness (QED) is 0.467. The van der Waals surface area contributed by atoms with Crippen LogP contribution in [-0.4, -0.2) is 26.5 Å². The largest absolute Gasteiger partial charge is 0.508 e. The molecule has 0 heterocycles. The molecule has 0 fully saturated rings. The van der Waals surface area contributed by atoms with Crippen molar-refractivity contribution in [2.75, 3.05) is 0 Å². The van der Waals surface area contributed by atoms with Crippen LogP contribution in [0.2, 0.25) is 0 Å². The molecule has 0 radical (unpaired) electrons. The van der Waals surface area contributed by atoms with Crippen molar-refractivity contribution >= 4 is 0 Å². The number of phenols is 3. The Labute approximate surface area is 81.0 Å². The molecule has 6 N–H and O–H groups in total. The second-order valence-electron chi connectivity index (χ2n) is 3.16. The van der Waals surface area contributed by atoms with Gasteiger partial charge in [0.15, 0.2) is 0 Å². The summed E-state index contributed by atoms with van der Waals surface area (Å²) in [5.41, 5.74) is 5.56. The molecule has 0 bridgehead atoms. The van der Waals surface area contributed by atoms with E-state index in [0.717, 1.165) is 12.1 Å². The van der Waals surface area contributed by atoms with Crippen LogP contribution >= 0.6 is 0 Å². The van der Waals surface area contributed by atoms with Crippen molar-refractivity contribution in [1.82, 2.24) is 0 Å². The van der Waals surface area contributed by atoms with E-state index in [-0.39, 0.29) is 22.8 Å². The van der Waals surface area contributed by atoms with Gasteiger partial charge in [0.2, 0.25) is 0 Å². The van der Waals surface area contributed by atoms with Gasteiger partial charge in [0.1, 0.15) is 17.2 Å². The molecular formula is C9H13NO4. The Morgan fingerprint density at radius 2 is 1.57 bits per heavy atom. The monoisotopic (exact) mass is 199 g/mol. The maximum atomic E-state index is 9.38. The molecule has 5 nitrogen and oxygen atoms in total. The number of nitrogens with two attached hydrogens (primary N) is 1. The fraction of sp³-hybridized carbons (Fsp3) is 0.333. The van der Waals surface area contributed by atoms with Crippen LogP contribution in [0.3, 0.4) is 0 Å². The summed E-state index contributed by atoms with van der Waals surface area (Å²) >= 11 is 0. The van der Waals surface area contributed by atoms with Crippen LogP contribution in [0.4, 0.5) is 0 Å². The molecule has 1 aromatic rings. The van der Waals surface area contributed by atoms with Gasteiger partial charge in [0.25, 0.3) is 0 Å². The van der Waals surface area contributed by atoms with Crippen molar-refractivity contribution in [2.24, 2.45) is 5.73 Å². The normalized spacial score (nSPS) is 15.1. The minimum Gasteiger partial charge on any atom is -0.508 e. The number of phenolic OH excluding ortho intramolecular Hbond substituents is 3. The Morgan fingerprint density at radius 1 is 1.14 bits per heavy atom. The zero-order valence-electron chi connectivity index (χ0n) is 7.68. The number of aliphatic hydroxyl groups is 1. The van der Waals surface area contributed by atoms with E-state index < -0.39 is 12.1 Å². The minimum atomic E-state index is -0.906. The van der Waals surface area contributed by atoms with Crippen molar-refractivity contribution in [3.05, 3.63) is 17.7 Å². The summed E-state index contributed by atoms with van der Waals surface area (Å²) in [6.07, 6.45) is -0.906. The predicted molar refractivity (Wildman–Crippen MR) is 50.0 cm³/mol. The van der Waals surface area contributed by atoms with Crippen molar-refractivity contribution in [3.8, 4) is 17.2 Å². The van der Waals surface area contributed by atoms with Crippen molar-refractivity contribution in [2.45, 2.75) is 19.1 Å². The smallest absolute Gasteiger partial charge is 0.127 e. The highest BCUT2D eigenvalue weighted by atomic mass is 16.3. The van der Waals surface area contributed by atoms with Crippen LogP contribution in [0.25, 0.3) is 0 Å². The molecule has 78 valence electrons. The number of hydrogen-bond donors (Lipinski definition) is 5. The Balaban J connectivity index is 3.20. The van der Waals surface area contributed by atoms with Crippen LogP contribution in [0.15, 0.2) is 12.1 Å². The third-order valence-electron chi connectivity index (χ3n) is 1.97. The van der Waals surface area contributed by atoms with Gasteiger partial charge in [-0.15, -0.1) is 0 Å². The van der Waals surface area contributed by atoms with E-state index in [0.29, 0.717) is 0 Å². The fourth-order valence-electron chi connectivity index (χ4n) is 1.19. The van der Waals surface area contributed by atoms with Gasteiger partial charge in [-0.3, -0.25) is 0 Å². The Bertz CT molecular complexity index is 315. The molecule has 5 heteroatoms. The molecule has 0 aromatic heterocycles. The third-order valence-corrected chi connectivity index (χ3v) is 1.97. The van der Waals surface area contributed by atoms with Crippen molar-refractivity contribution in [1.29, 1.82) is 0 Å². The van der Waals surface area contributed by atoms with Crippen LogP contribution in [0.1, 0.15) is 18.5 Å². The highest BCUT2D eigenvalue weighted by molar-refractivity contribution is 5.50. The molecule has 0 unspecified atom stereocenters. The fourth-order valence-corrected chi connectivity index (χ4v) is 1.19. The summed E-state index contributed by atoms with van der Waals surface area (Å²) in [5, 5.41) is 37.0. The second kappa shape index (κ2) is 3.73. The lowest BCUT2D eigenvalue weighted by Gasteiger charge is -2.17. The number of rotatable bonds is 2. The topological polar surface area (TPSA) is 107 Å². The van der Waals surface area contributed by atoms with Gasteiger partial charge in [0.05, 0.1) is 17.7 Å². The standard InChI is InChI=1S/C9H13NO4/c1-4(11)9(10)8-6(13)2-5(12)3-7(8)14/h2-4,9,11-14H,10H2,1H3/t4-,9-/m1/s1. The Kier molecular flexibility index (Phi) is 2.83. The van der Waals surface area contributed by atoms with E-state index in [4.69, 9.17) is 10.8 Å². The first-order valence-electron chi connectivity index (χ1n) is 4.12. The lowest BCUT2D eigenvalue weighted by Crippen LogP contribution is -2.23. The molecule has 0 aliphatic heterocycles. The van der Waals surface area contributed by atoms with E-state index in [1.165, 1.54) is 6.92 Å². The second-order valence-corrected chi connectivity index (χ2v) is 3.16. The summed E-state index contributed by atoms with van der Waals surface area (Å²) in [6.45, 7) is 1.44. The number of aromatic hydroxyl groups is 3. The molecule has 14 heavy (non-hydrogen) atoms. The van der Waals surface area contributed by atoms with E-state index in [1.54, 1.807) is 0 Å². The van der Waals surface area contributed by atoms with Gasteiger partial charge < -0.3 is 26.2 Å². The summed E-state index contributed by atoms with van der Waals surface area (Å²) in [7, 11) is 0. The molecule has 0 saturated carbocycles. The highest BCUT2D eigenvalue weighted by Gasteiger charge is 2.20. The molecule has 2 atom stereocenters. The summed E-state index contributed by atoms with van der Waals surface area (Å²) in [6, 6.07) is 1.21. The van der Waals surface area contributed by atoms with Crippen molar-refractivity contribution < 1.29 is 20.4 Å². The van der Waals surface area contributed by atoms with Crippen LogP contribution in [0, 0.1) is 0 Å². The number of aliphatic hydroxyl groups excluding tert-OH is 1. The molecule has 1 aromatic carbocycles. The maximum absolute atomic E-state index is 9.38. The third kappa shape index (κ3) is 1.89. The summed E-state index contributed by atoms with van der Waals surface area (Å²) in [5.74, 6) is -0.937. The van der Waals surface area contributed by atoms with Crippen molar-refractivity contribution in [3.63, 3.8) is 0 Å². The van der Waals surface area contributed by atoms with E-state index in [2.05, 4.69) is 0 Å². The lowest BCUT2D eigenvalue weighted by atomic mass is 10.0. The first-order chi connectivity index (χ1) is 6.43. The van der Waals surface area contributed by atoms with Gasteiger partial charge in [0, 0.05) is 12.1 Å². The Hall–Kier alpha value is -1.46. The van der Waals surface area contributed by atoms with Crippen LogP contribution in [0.5, 0.6) is 17.2 Å². The van der Waals surface area contributed by atoms with E-state index in [1.807, 2.05) is 0 Å². The van der Waals surface area contributed by atoms with Gasteiger partial charge in [-0.1, -0.05) is 0 Å². The van der Waals surface area contributed by atoms with Crippen LogP contribution < -0.4 is 5.73 Å². The first-order valence-corrected chi connectivity index (χ1v) is 4.12. The number of benzene rings is 1. The minimum absolute atomic E-state index is 0.0257. The Morgan fingerprint density at radius 3 is 1.93 bits per heavy atom. The van der Waals surface area contributed by atoms with Gasteiger partial charge in [-0.05, 0) is 6.92 Å². The zero-order valence-corrected chi connectivity index (χ0v) is 7.68. The van der Waals surface area contributed by atoms with E-state index >= 15 is 0 Å². The van der Waals surface area contributed by atoms with Crippen LogP contribution in [-0.2, 0) is 0 Å². The molecule has 0 aliphatic rings. The SMILES string of the molecule is C[C@@H](O)[C@@H](N)c1c(O)cc(O)cc1O. The van der Waals surface area contributed by atoms with E-state index in [9.17, 15) is 15.3 Å². The molecular weight excluding hydrogens is 186 g/mol. The van der Waals surface area contributed by atoms with Gasteiger partial charge >= 0.3 is 0 Å². The molecule has 0 spiro atoms.